The number of para-hydroxylation sites is 1. The van der Waals surface area contributed by atoms with Gasteiger partial charge in [-0.3, -0.25) is 0 Å². The minimum absolute atomic E-state index is 0.342. The zero-order valence-corrected chi connectivity index (χ0v) is 11.4. The fourth-order valence-corrected chi connectivity index (χ4v) is 1.72. The van der Waals surface area contributed by atoms with E-state index in [0.29, 0.717) is 5.41 Å². The molecule has 0 unspecified atom stereocenters. The number of anilines is 2. The molecule has 0 aliphatic rings. The minimum Gasteiger partial charge on any atom is -0.326 e. The van der Waals surface area contributed by atoms with Gasteiger partial charge in [0.05, 0.1) is 0 Å². The van der Waals surface area contributed by atoms with Crippen LogP contribution in [0.1, 0.15) is 27.2 Å². The number of aromatic nitrogens is 2. The second-order valence-corrected chi connectivity index (χ2v) is 5.75. The van der Waals surface area contributed by atoms with Crippen LogP contribution in [0.3, 0.4) is 0 Å². The molecule has 0 aliphatic heterocycles. The van der Waals surface area contributed by atoms with E-state index in [1.807, 2.05) is 42.7 Å². The van der Waals surface area contributed by atoms with Crippen molar-refractivity contribution in [2.75, 3.05) is 5.32 Å². The summed E-state index contributed by atoms with van der Waals surface area (Å²) in [6, 6.07) is 10.1. The maximum atomic E-state index is 4.36. The van der Waals surface area contributed by atoms with Gasteiger partial charge in [0.2, 0.25) is 5.95 Å². The van der Waals surface area contributed by atoms with Crippen LogP contribution in [0.4, 0.5) is 11.6 Å². The first-order chi connectivity index (χ1) is 8.54. The Morgan fingerprint density at radius 2 is 1.89 bits per heavy atom. The lowest BCUT2D eigenvalue weighted by molar-refractivity contribution is 0.351. The number of nitrogens with zero attached hydrogens (tertiary/aromatic N) is 2. The van der Waals surface area contributed by atoms with Crippen LogP contribution in [0, 0.1) is 5.41 Å². The highest BCUT2D eigenvalue weighted by molar-refractivity contribution is 5.52. The molecule has 3 heteroatoms. The van der Waals surface area contributed by atoms with Crippen LogP contribution in [0.25, 0.3) is 0 Å². The van der Waals surface area contributed by atoms with Crippen molar-refractivity contribution in [3.8, 4) is 0 Å². The number of hydrogen-bond donors (Lipinski definition) is 1. The lowest BCUT2D eigenvalue weighted by Gasteiger charge is -2.19. The Bertz CT molecular complexity index is 480. The summed E-state index contributed by atoms with van der Waals surface area (Å²) >= 11 is 0. The largest absolute Gasteiger partial charge is 0.326 e. The van der Waals surface area contributed by atoms with Crippen molar-refractivity contribution in [3.63, 3.8) is 0 Å². The van der Waals surface area contributed by atoms with Crippen molar-refractivity contribution < 1.29 is 0 Å². The number of hydrogen-bond acceptors (Lipinski definition) is 2. The molecule has 0 aliphatic carbocycles. The van der Waals surface area contributed by atoms with Crippen molar-refractivity contribution in [3.05, 3.63) is 42.7 Å². The lowest BCUT2D eigenvalue weighted by atomic mass is 9.92. The number of aryl methyl sites for hydroxylation is 1. The fraction of sp³-hybridized carbons (Fsp3) is 0.400. The van der Waals surface area contributed by atoms with Gasteiger partial charge in [0.15, 0.2) is 0 Å². The Morgan fingerprint density at radius 3 is 2.56 bits per heavy atom. The molecule has 0 amide bonds. The standard InChI is InChI=1S/C15H21N3/c1-15(2,3)9-11-18-12-10-16-14(18)17-13-7-5-4-6-8-13/h4-8,10,12H,9,11H2,1-3H3,(H,16,17). The predicted octanol–water partition coefficient (Wildman–Crippen LogP) is 4.06. The lowest BCUT2D eigenvalue weighted by Crippen LogP contribution is -2.11. The summed E-state index contributed by atoms with van der Waals surface area (Å²) in [7, 11) is 0. The normalized spacial score (nSPS) is 11.5. The summed E-state index contributed by atoms with van der Waals surface area (Å²) in [5, 5.41) is 3.34. The molecule has 1 aromatic heterocycles. The van der Waals surface area contributed by atoms with Crippen LogP contribution >= 0.6 is 0 Å². The van der Waals surface area contributed by atoms with Gasteiger partial charge in [0, 0.05) is 24.6 Å². The van der Waals surface area contributed by atoms with Crippen LogP contribution in [0.2, 0.25) is 0 Å². The molecule has 0 saturated heterocycles. The van der Waals surface area contributed by atoms with E-state index in [4.69, 9.17) is 0 Å². The van der Waals surface area contributed by atoms with Crippen molar-refractivity contribution in [1.82, 2.24) is 9.55 Å². The smallest absolute Gasteiger partial charge is 0.207 e. The maximum absolute atomic E-state index is 4.36. The van der Waals surface area contributed by atoms with Gasteiger partial charge in [0.1, 0.15) is 0 Å². The van der Waals surface area contributed by atoms with Crippen LogP contribution < -0.4 is 5.32 Å². The third-order valence-electron chi connectivity index (χ3n) is 2.85. The SMILES string of the molecule is CC(C)(C)CCn1ccnc1Nc1ccccc1. The Labute approximate surface area is 109 Å². The van der Waals surface area contributed by atoms with Gasteiger partial charge in [-0.25, -0.2) is 4.98 Å². The summed E-state index contributed by atoms with van der Waals surface area (Å²) in [6.07, 6.45) is 5.00. The third kappa shape index (κ3) is 3.62. The number of rotatable bonds is 4. The molecule has 1 aromatic carbocycles. The average Bonchev–Trinajstić information content (AvgIpc) is 2.74. The van der Waals surface area contributed by atoms with Gasteiger partial charge in [0.25, 0.3) is 0 Å². The van der Waals surface area contributed by atoms with Gasteiger partial charge < -0.3 is 9.88 Å². The summed E-state index contributed by atoms with van der Waals surface area (Å²) in [5.74, 6) is 0.908. The van der Waals surface area contributed by atoms with E-state index in [-0.39, 0.29) is 0 Å². The highest BCUT2D eigenvalue weighted by Gasteiger charge is 2.11. The highest BCUT2D eigenvalue weighted by atomic mass is 15.2. The van der Waals surface area contributed by atoms with E-state index in [9.17, 15) is 0 Å². The Hall–Kier alpha value is -1.77. The first-order valence-corrected chi connectivity index (χ1v) is 6.38. The molecule has 2 rings (SSSR count). The minimum atomic E-state index is 0.342. The predicted molar refractivity (Wildman–Crippen MR) is 76.0 cm³/mol. The molecule has 0 spiro atoms. The van der Waals surface area contributed by atoms with Crippen molar-refractivity contribution in [2.45, 2.75) is 33.7 Å². The molecule has 0 radical (unpaired) electrons. The maximum Gasteiger partial charge on any atom is 0.207 e. The first-order valence-electron chi connectivity index (χ1n) is 6.38. The van der Waals surface area contributed by atoms with Crippen LogP contribution in [-0.4, -0.2) is 9.55 Å². The number of imidazole rings is 1. The Balaban J connectivity index is 2.04. The Kier molecular flexibility index (Phi) is 3.70. The fourth-order valence-electron chi connectivity index (χ4n) is 1.72. The van der Waals surface area contributed by atoms with E-state index >= 15 is 0 Å². The van der Waals surface area contributed by atoms with E-state index < -0.39 is 0 Å². The molecule has 1 N–H and O–H groups in total. The molecule has 0 saturated carbocycles. The monoisotopic (exact) mass is 243 g/mol. The van der Waals surface area contributed by atoms with Crippen molar-refractivity contribution >= 4 is 11.6 Å². The van der Waals surface area contributed by atoms with Gasteiger partial charge in [-0.2, -0.15) is 0 Å². The topological polar surface area (TPSA) is 29.9 Å². The summed E-state index contributed by atoms with van der Waals surface area (Å²) in [6.45, 7) is 7.76. The van der Waals surface area contributed by atoms with E-state index in [2.05, 4.69) is 35.6 Å². The molecule has 3 nitrogen and oxygen atoms in total. The quantitative estimate of drug-likeness (QED) is 0.877. The zero-order chi connectivity index (χ0) is 13.0. The number of benzene rings is 1. The van der Waals surface area contributed by atoms with Gasteiger partial charge in [-0.1, -0.05) is 39.0 Å². The molecule has 0 bridgehead atoms. The molecule has 0 atom stereocenters. The molecule has 2 aromatic rings. The van der Waals surface area contributed by atoms with Gasteiger partial charge in [-0.15, -0.1) is 0 Å². The molecule has 1 heterocycles. The summed E-state index contributed by atoms with van der Waals surface area (Å²) in [5.41, 5.74) is 1.41. The number of nitrogens with one attached hydrogen (secondary N) is 1. The molecule has 0 fully saturated rings. The average molecular weight is 243 g/mol. The van der Waals surface area contributed by atoms with E-state index in [0.717, 1.165) is 24.6 Å². The summed E-state index contributed by atoms with van der Waals surface area (Å²) < 4.78 is 2.16. The first kappa shape index (κ1) is 12.7. The third-order valence-corrected chi connectivity index (χ3v) is 2.85. The van der Waals surface area contributed by atoms with E-state index in [1.165, 1.54) is 0 Å². The molecular weight excluding hydrogens is 222 g/mol. The van der Waals surface area contributed by atoms with Crippen LogP contribution in [-0.2, 0) is 6.54 Å². The second-order valence-electron chi connectivity index (χ2n) is 5.75. The molecule has 96 valence electrons. The van der Waals surface area contributed by atoms with Gasteiger partial charge >= 0.3 is 0 Å². The second kappa shape index (κ2) is 5.25. The van der Waals surface area contributed by atoms with Crippen molar-refractivity contribution in [1.29, 1.82) is 0 Å². The van der Waals surface area contributed by atoms with Crippen molar-refractivity contribution in [2.24, 2.45) is 5.41 Å². The van der Waals surface area contributed by atoms with Crippen LogP contribution in [0.5, 0.6) is 0 Å². The van der Waals surface area contributed by atoms with Crippen LogP contribution in [0.15, 0.2) is 42.7 Å². The zero-order valence-electron chi connectivity index (χ0n) is 11.4. The molecule has 18 heavy (non-hydrogen) atoms. The molecular formula is C15H21N3. The Morgan fingerprint density at radius 1 is 1.17 bits per heavy atom. The highest BCUT2D eigenvalue weighted by Crippen LogP contribution is 2.21. The van der Waals surface area contributed by atoms with Gasteiger partial charge in [-0.05, 0) is 24.0 Å². The van der Waals surface area contributed by atoms with E-state index in [1.54, 1.807) is 0 Å². The summed E-state index contributed by atoms with van der Waals surface area (Å²) in [4.78, 5) is 4.36.